The molecule has 0 saturated carbocycles. The summed E-state index contributed by atoms with van der Waals surface area (Å²) in [5.74, 6) is -2.96. The van der Waals surface area contributed by atoms with Gasteiger partial charge in [0.1, 0.15) is 18.7 Å². The molecule has 9 heteroatoms. The van der Waals surface area contributed by atoms with E-state index in [1.807, 2.05) is 6.07 Å². The fourth-order valence-electron chi connectivity index (χ4n) is 2.69. The highest BCUT2D eigenvalue weighted by Gasteiger charge is 2.29. The molecule has 2 aromatic rings. The van der Waals surface area contributed by atoms with E-state index in [9.17, 15) is 24.3 Å². The van der Waals surface area contributed by atoms with E-state index in [4.69, 9.17) is 4.74 Å². The molecule has 0 aromatic heterocycles. The van der Waals surface area contributed by atoms with Crippen molar-refractivity contribution in [2.75, 3.05) is 7.11 Å². The monoisotopic (exact) mass is 428 g/mol. The molecule has 0 spiro atoms. The topological polar surface area (TPSA) is 131 Å². The van der Waals surface area contributed by atoms with Crippen LogP contribution in [-0.2, 0) is 36.9 Å². The van der Waals surface area contributed by atoms with E-state index >= 15 is 0 Å². The van der Waals surface area contributed by atoms with E-state index in [0.29, 0.717) is 0 Å². The van der Waals surface area contributed by atoms with E-state index in [1.54, 1.807) is 54.6 Å². The Labute approximate surface area is 179 Å². The average molecular weight is 428 g/mol. The first-order chi connectivity index (χ1) is 14.9. The highest BCUT2D eigenvalue weighted by atomic mass is 16.5. The van der Waals surface area contributed by atoms with Crippen molar-refractivity contribution in [1.29, 1.82) is 0 Å². The quantitative estimate of drug-likeness (QED) is 0.491. The number of benzene rings is 2. The first-order valence-corrected chi connectivity index (χ1v) is 9.50. The Morgan fingerprint density at radius 3 is 2.00 bits per heavy atom. The number of nitrogens with one attached hydrogen (secondary N) is 2. The zero-order chi connectivity index (χ0) is 22.6. The standard InChI is InChI=1S/C22H24N2O7/c1-30-19(25)13-18(21(27)28)23-20(26)17(12-15-8-4-2-5-9-15)24-22(29)31-14-16-10-6-3-7-11-16/h2-11,17-18H,12-14H2,1H3,(H,23,26)(H,24,29)(H,27,28)/t17-,18-/m1/s1. The summed E-state index contributed by atoms with van der Waals surface area (Å²) in [6, 6.07) is 15.3. The minimum Gasteiger partial charge on any atom is -0.480 e. The number of alkyl carbamates (subject to hydrolysis) is 1. The van der Waals surface area contributed by atoms with Crippen molar-refractivity contribution in [3.63, 3.8) is 0 Å². The maximum Gasteiger partial charge on any atom is 0.408 e. The van der Waals surface area contributed by atoms with E-state index in [1.165, 1.54) is 0 Å². The maximum atomic E-state index is 12.7. The fourth-order valence-corrected chi connectivity index (χ4v) is 2.69. The lowest BCUT2D eigenvalue weighted by molar-refractivity contribution is -0.148. The van der Waals surface area contributed by atoms with Crippen molar-refractivity contribution in [3.05, 3.63) is 71.8 Å². The Balaban J connectivity index is 2.07. The van der Waals surface area contributed by atoms with Gasteiger partial charge in [-0.25, -0.2) is 9.59 Å². The van der Waals surface area contributed by atoms with Gasteiger partial charge in [0, 0.05) is 6.42 Å². The van der Waals surface area contributed by atoms with Gasteiger partial charge in [-0.1, -0.05) is 60.7 Å². The largest absolute Gasteiger partial charge is 0.480 e. The van der Waals surface area contributed by atoms with E-state index in [0.717, 1.165) is 18.2 Å². The van der Waals surface area contributed by atoms with Gasteiger partial charge in [0.15, 0.2) is 0 Å². The number of rotatable bonds is 10. The van der Waals surface area contributed by atoms with Gasteiger partial charge < -0.3 is 25.2 Å². The number of carboxylic acid groups (broad SMARTS) is 1. The van der Waals surface area contributed by atoms with Crippen LogP contribution >= 0.6 is 0 Å². The molecule has 0 radical (unpaired) electrons. The predicted octanol–water partition coefficient (Wildman–Crippen LogP) is 1.66. The summed E-state index contributed by atoms with van der Waals surface area (Å²) in [5, 5.41) is 14.0. The minimum atomic E-state index is -1.50. The van der Waals surface area contributed by atoms with Crippen molar-refractivity contribution in [2.45, 2.75) is 31.5 Å². The summed E-state index contributed by atoms with van der Waals surface area (Å²) in [7, 11) is 1.12. The smallest absolute Gasteiger partial charge is 0.408 e. The number of ether oxygens (including phenoxy) is 2. The number of hydrogen-bond acceptors (Lipinski definition) is 6. The molecule has 31 heavy (non-hydrogen) atoms. The van der Waals surface area contributed by atoms with Crippen LogP contribution in [0.15, 0.2) is 60.7 Å². The molecule has 0 aliphatic heterocycles. The molecular weight excluding hydrogens is 404 g/mol. The SMILES string of the molecule is COC(=O)C[C@@H](NC(=O)[C@@H](Cc1ccccc1)NC(=O)OCc1ccccc1)C(=O)O. The molecule has 0 saturated heterocycles. The molecular formula is C22H24N2O7. The highest BCUT2D eigenvalue weighted by molar-refractivity contribution is 5.91. The second-order valence-corrected chi connectivity index (χ2v) is 6.63. The Morgan fingerprint density at radius 1 is 0.871 bits per heavy atom. The molecule has 0 unspecified atom stereocenters. The summed E-state index contributed by atoms with van der Waals surface area (Å²) >= 11 is 0. The Kier molecular flexibility index (Phi) is 9.03. The van der Waals surface area contributed by atoms with Gasteiger partial charge >= 0.3 is 18.0 Å². The van der Waals surface area contributed by atoms with Gasteiger partial charge in [-0.05, 0) is 11.1 Å². The van der Waals surface area contributed by atoms with Gasteiger partial charge in [0.05, 0.1) is 13.5 Å². The van der Waals surface area contributed by atoms with Crippen LogP contribution < -0.4 is 10.6 Å². The van der Waals surface area contributed by atoms with E-state index in [-0.39, 0.29) is 13.0 Å². The number of hydrogen-bond donors (Lipinski definition) is 3. The second-order valence-electron chi connectivity index (χ2n) is 6.63. The Bertz CT molecular complexity index is 887. The molecule has 0 aliphatic carbocycles. The maximum absolute atomic E-state index is 12.7. The van der Waals surface area contributed by atoms with Crippen LogP contribution in [0, 0.1) is 0 Å². The molecule has 2 atom stereocenters. The van der Waals surface area contributed by atoms with Crippen LogP contribution in [0.25, 0.3) is 0 Å². The number of carboxylic acids is 1. The zero-order valence-electron chi connectivity index (χ0n) is 16.9. The third kappa shape index (κ3) is 8.17. The summed E-state index contributed by atoms with van der Waals surface area (Å²) in [4.78, 5) is 47.9. The lowest BCUT2D eigenvalue weighted by Crippen LogP contribution is -2.53. The second kappa shape index (κ2) is 12.0. The molecule has 0 bridgehead atoms. The molecule has 0 heterocycles. The van der Waals surface area contributed by atoms with Crippen molar-refractivity contribution in [1.82, 2.24) is 10.6 Å². The van der Waals surface area contributed by atoms with E-state index < -0.39 is 42.4 Å². The number of amides is 2. The summed E-state index contributed by atoms with van der Waals surface area (Å²) in [6.45, 7) is 0.00639. The third-order valence-electron chi connectivity index (χ3n) is 4.32. The zero-order valence-corrected chi connectivity index (χ0v) is 16.9. The normalized spacial score (nSPS) is 12.2. The molecule has 3 N–H and O–H groups in total. The minimum absolute atomic E-state index is 0.00639. The molecule has 2 amide bonds. The predicted molar refractivity (Wildman–Crippen MR) is 110 cm³/mol. The van der Waals surface area contributed by atoms with Crippen LogP contribution in [0.4, 0.5) is 4.79 Å². The average Bonchev–Trinajstić information content (AvgIpc) is 2.78. The van der Waals surface area contributed by atoms with Crippen LogP contribution in [0.1, 0.15) is 17.5 Å². The molecule has 9 nitrogen and oxygen atoms in total. The van der Waals surface area contributed by atoms with Gasteiger partial charge in [-0.2, -0.15) is 0 Å². The molecule has 0 aliphatic rings. The summed E-state index contributed by atoms with van der Waals surface area (Å²) in [6.07, 6.45) is -1.29. The Morgan fingerprint density at radius 2 is 1.45 bits per heavy atom. The fraction of sp³-hybridized carbons (Fsp3) is 0.273. The van der Waals surface area contributed by atoms with Crippen molar-refractivity contribution >= 4 is 23.9 Å². The molecule has 2 rings (SSSR count). The summed E-state index contributed by atoms with van der Waals surface area (Å²) in [5.41, 5.74) is 1.51. The number of esters is 1. The lowest BCUT2D eigenvalue weighted by atomic mass is 10.0. The molecule has 164 valence electrons. The first-order valence-electron chi connectivity index (χ1n) is 9.50. The van der Waals surface area contributed by atoms with Crippen LogP contribution in [0.3, 0.4) is 0 Å². The molecule has 0 fully saturated rings. The number of carbonyl (C=O) groups excluding carboxylic acids is 3. The molecule has 2 aromatic carbocycles. The van der Waals surface area contributed by atoms with Crippen molar-refractivity contribution in [3.8, 4) is 0 Å². The van der Waals surface area contributed by atoms with Gasteiger partial charge in [-0.15, -0.1) is 0 Å². The van der Waals surface area contributed by atoms with Crippen LogP contribution in [0.2, 0.25) is 0 Å². The first kappa shape index (κ1) is 23.4. The van der Waals surface area contributed by atoms with Crippen molar-refractivity contribution < 1.29 is 33.8 Å². The third-order valence-corrected chi connectivity index (χ3v) is 4.32. The van der Waals surface area contributed by atoms with Crippen LogP contribution in [-0.4, -0.2) is 48.2 Å². The lowest BCUT2D eigenvalue weighted by Gasteiger charge is -2.21. The van der Waals surface area contributed by atoms with Crippen LogP contribution in [0.5, 0.6) is 0 Å². The van der Waals surface area contributed by atoms with Crippen molar-refractivity contribution in [2.24, 2.45) is 0 Å². The summed E-state index contributed by atoms with van der Waals surface area (Å²) < 4.78 is 9.62. The number of methoxy groups -OCH3 is 1. The van der Waals surface area contributed by atoms with E-state index in [2.05, 4.69) is 15.4 Å². The Hall–Kier alpha value is -3.88. The number of carbonyl (C=O) groups is 4. The number of aliphatic carboxylic acids is 1. The highest BCUT2D eigenvalue weighted by Crippen LogP contribution is 2.06. The van der Waals surface area contributed by atoms with Gasteiger partial charge in [-0.3, -0.25) is 9.59 Å². The van der Waals surface area contributed by atoms with Gasteiger partial charge in [0.2, 0.25) is 5.91 Å². The van der Waals surface area contributed by atoms with Gasteiger partial charge in [0.25, 0.3) is 0 Å².